The van der Waals surface area contributed by atoms with Gasteiger partial charge in [0.05, 0.1) is 0 Å². The monoisotopic (exact) mass is 251 g/mol. The van der Waals surface area contributed by atoms with Gasteiger partial charge in [0.25, 0.3) is 0 Å². The number of benzene rings is 2. The van der Waals surface area contributed by atoms with Crippen molar-refractivity contribution in [1.82, 2.24) is 5.32 Å². The third-order valence-corrected chi connectivity index (χ3v) is 4.30. The van der Waals surface area contributed by atoms with Crippen LogP contribution >= 0.6 is 0 Å². The van der Waals surface area contributed by atoms with Crippen molar-refractivity contribution in [1.29, 1.82) is 0 Å². The summed E-state index contributed by atoms with van der Waals surface area (Å²) in [5.41, 5.74) is 2.93. The van der Waals surface area contributed by atoms with Crippen molar-refractivity contribution in [3.63, 3.8) is 0 Å². The maximum atomic E-state index is 12.0. The predicted molar refractivity (Wildman–Crippen MR) is 70.9 cm³/mol. The molecule has 2 heterocycles. The quantitative estimate of drug-likeness (QED) is 0.817. The molecule has 0 radical (unpaired) electrons. The molecule has 2 aromatic rings. The summed E-state index contributed by atoms with van der Waals surface area (Å²) in [6.07, 6.45) is 0.849. The number of hydrogen-bond donors (Lipinski definition) is 2. The van der Waals surface area contributed by atoms with Gasteiger partial charge in [-0.05, 0) is 28.7 Å². The lowest BCUT2D eigenvalue weighted by Crippen LogP contribution is -2.50. The lowest BCUT2D eigenvalue weighted by atomic mass is 9.81. The topological polar surface area (TPSA) is 49.3 Å². The number of carbonyl (C=O) groups is 1. The Morgan fingerprint density at radius 1 is 1.11 bits per heavy atom. The minimum atomic E-state index is -1.07. The smallest absolute Gasteiger partial charge is 0.333 e. The molecule has 2 aromatic carbocycles. The zero-order valence-corrected chi connectivity index (χ0v) is 10.3. The number of rotatable bonds is 1. The molecule has 2 atom stereocenters. The highest BCUT2D eigenvalue weighted by Crippen LogP contribution is 2.48. The Morgan fingerprint density at radius 3 is 2.58 bits per heavy atom. The maximum Gasteiger partial charge on any atom is 0.333 e. The molecule has 19 heavy (non-hydrogen) atoms. The lowest BCUT2D eigenvalue weighted by Gasteiger charge is -2.33. The van der Waals surface area contributed by atoms with E-state index in [0.29, 0.717) is 0 Å². The Kier molecular flexibility index (Phi) is 1.96. The summed E-state index contributed by atoms with van der Waals surface area (Å²) in [7, 11) is 0. The van der Waals surface area contributed by atoms with E-state index in [1.54, 1.807) is 0 Å². The molecule has 3 heteroatoms. The number of carboxylic acids is 1. The summed E-state index contributed by atoms with van der Waals surface area (Å²) in [6.45, 7) is 0. The lowest BCUT2D eigenvalue weighted by molar-refractivity contribution is -0.143. The SMILES string of the molecule is O=C(O)C12NC(Cc3ccccc31)c1ccccc12. The molecule has 2 N–H and O–H groups in total. The molecular formula is C16H13NO2. The highest BCUT2D eigenvalue weighted by Gasteiger charge is 2.54. The van der Waals surface area contributed by atoms with Crippen LogP contribution in [-0.4, -0.2) is 11.1 Å². The Balaban J connectivity index is 2.10. The zero-order valence-electron chi connectivity index (χ0n) is 10.3. The van der Waals surface area contributed by atoms with Crippen LogP contribution in [0.1, 0.15) is 28.3 Å². The molecule has 2 aliphatic rings. The molecule has 0 fully saturated rings. The minimum Gasteiger partial charge on any atom is -0.479 e. The van der Waals surface area contributed by atoms with Gasteiger partial charge in [-0.3, -0.25) is 5.32 Å². The van der Waals surface area contributed by atoms with Crippen LogP contribution in [0.4, 0.5) is 0 Å². The van der Waals surface area contributed by atoms with Crippen LogP contribution in [-0.2, 0) is 16.8 Å². The first-order valence-corrected chi connectivity index (χ1v) is 6.42. The first kappa shape index (κ1) is 10.8. The normalized spacial score (nSPS) is 26.6. The van der Waals surface area contributed by atoms with Gasteiger partial charge >= 0.3 is 5.97 Å². The first-order chi connectivity index (χ1) is 9.23. The van der Waals surface area contributed by atoms with E-state index < -0.39 is 11.5 Å². The second-order valence-corrected chi connectivity index (χ2v) is 5.20. The molecule has 0 saturated heterocycles. The van der Waals surface area contributed by atoms with Gasteiger partial charge in [-0.1, -0.05) is 48.5 Å². The van der Waals surface area contributed by atoms with E-state index in [0.717, 1.165) is 28.7 Å². The van der Waals surface area contributed by atoms with Crippen LogP contribution in [0, 0.1) is 0 Å². The van der Waals surface area contributed by atoms with Gasteiger partial charge in [0.15, 0.2) is 5.54 Å². The maximum absolute atomic E-state index is 12.0. The van der Waals surface area contributed by atoms with Gasteiger partial charge in [-0.25, -0.2) is 4.79 Å². The Bertz CT molecular complexity index is 682. The minimum absolute atomic E-state index is 0.0993. The van der Waals surface area contributed by atoms with Crippen LogP contribution in [0.2, 0.25) is 0 Å². The van der Waals surface area contributed by atoms with Crippen LogP contribution < -0.4 is 5.32 Å². The third-order valence-electron chi connectivity index (χ3n) is 4.30. The molecule has 0 amide bonds. The highest BCUT2D eigenvalue weighted by atomic mass is 16.4. The van der Waals surface area contributed by atoms with Gasteiger partial charge < -0.3 is 5.11 Å². The molecule has 3 nitrogen and oxygen atoms in total. The Labute approximate surface area is 110 Å². The standard InChI is InChI=1S/C16H13NO2/c18-15(19)16-12-7-3-1-5-10(12)9-14(17-16)11-6-2-4-8-13(11)16/h1-8,14,17H,9H2,(H,18,19). The number of hydrogen-bond acceptors (Lipinski definition) is 2. The van der Waals surface area contributed by atoms with Crippen LogP contribution in [0.25, 0.3) is 0 Å². The average Bonchev–Trinajstić information content (AvgIpc) is 2.71. The van der Waals surface area contributed by atoms with Crippen LogP contribution in [0.3, 0.4) is 0 Å². The summed E-state index contributed by atoms with van der Waals surface area (Å²) in [5, 5.41) is 13.2. The number of fused-ring (bicyclic) bond motifs is 7. The molecule has 94 valence electrons. The number of carboxylic acid groups (broad SMARTS) is 1. The molecule has 4 rings (SSSR count). The fourth-order valence-corrected chi connectivity index (χ4v) is 3.52. The van der Waals surface area contributed by atoms with E-state index in [-0.39, 0.29) is 6.04 Å². The molecule has 0 saturated carbocycles. The van der Waals surface area contributed by atoms with Crippen LogP contribution in [0.5, 0.6) is 0 Å². The van der Waals surface area contributed by atoms with Crippen molar-refractivity contribution < 1.29 is 9.90 Å². The molecule has 0 aliphatic carbocycles. The molecular weight excluding hydrogens is 238 g/mol. The van der Waals surface area contributed by atoms with E-state index in [2.05, 4.69) is 5.32 Å². The molecule has 0 aromatic heterocycles. The predicted octanol–water partition coefficient (Wildman–Crippen LogP) is 2.22. The summed E-state index contributed by atoms with van der Waals surface area (Å²) in [6, 6.07) is 15.8. The fraction of sp³-hybridized carbons (Fsp3) is 0.188. The van der Waals surface area contributed by atoms with Crippen molar-refractivity contribution in [2.24, 2.45) is 0 Å². The summed E-state index contributed by atoms with van der Waals surface area (Å²) >= 11 is 0. The Hall–Kier alpha value is -2.13. The van der Waals surface area contributed by atoms with Crippen molar-refractivity contribution >= 4 is 5.97 Å². The van der Waals surface area contributed by atoms with Crippen molar-refractivity contribution in [3.05, 3.63) is 70.8 Å². The van der Waals surface area contributed by atoms with E-state index in [1.807, 2.05) is 48.5 Å². The third kappa shape index (κ3) is 1.18. The second-order valence-electron chi connectivity index (χ2n) is 5.20. The highest BCUT2D eigenvalue weighted by molar-refractivity contribution is 5.88. The van der Waals surface area contributed by atoms with Gasteiger partial charge in [0, 0.05) is 6.04 Å². The first-order valence-electron chi connectivity index (χ1n) is 6.42. The zero-order chi connectivity index (χ0) is 13.0. The van der Waals surface area contributed by atoms with Crippen molar-refractivity contribution in [3.8, 4) is 0 Å². The molecule has 2 aliphatic heterocycles. The van der Waals surface area contributed by atoms with Gasteiger partial charge in [-0.2, -0.15) is 0 Å². The molecule has 0 spiro atoms. The van der Waals surface area contributed by atoms with Crippen molar-refractivity contribution in [2.75, 3.05) is 0 Å². The van der Waals surface area contributed by atoms with E-state index in [4.69, 9.17) is 0 Å². The molecule has 2 bridgehead atoms. The van der Waals surface area contributed by atoms with E-state index >= 15 is 0 Å². The van der Waals surface area contributed by atoms with Gasteiger partial charge in [-0.15, -0.1) is 0 Å². The summed E-state index contributed by atoms with van der Waals surface area (Å²) in [5.74, 6) is -0.824. The number of aliphatic carboxylic acids is 1. The average molecular weight is 251 g/mol. The van der Waals surface area contributed by atoms with E-state index in [9.17, 15) is 9.90 Å². The number of nitrogens with one attached hydrogen (secondary N) is 1. The van der Waals surface area contributed by atoms with Crippen LogP contribution in [0.15, 0.2) is 48.5 Å². The summed E-state index contributed by atoms with van der Waals surface area (Å²) in [4.78, 5) is 12.0. The van der Waals surface area contributed by atoms with Gasteiger partial charge in [0.1, 0.15) is 0 Å². The molecule has 2 unspecified atom stereocenters. The van der Waals surface area contributed by atoms with Crippen molar-refractivity contribution in [2.45, 2.75) is 18.0 Å². The largest absolute Gasteiger partial charge is 0.479 e. The second kappa shape index (κ2) is 3.45. The van der Waals surface area contributed by atoms with E-state index in [1.165, 1.54) is 0 Å². The van der Waals surface area contributed by atoms with Gasteiger partial charge in [0.2, 0.25) is 0 Å². The Morgan fingerprint density at radius 2 is 1.79 bits per heavy atom. The fourth-order valence-electron chi connectivity index (χ4n) is 3.52. The summed E-state index contributed by atoms with van der Waals surface area (Å²) < 4.78 is 0.